The van der Waals surface area contributed by atoms with Gasteiger partial charge in [-0.15, -0.1) is 11.6 Å². The maximum Gasteiger partial charge on any atom is 0.152 e. The minimum Gasteiger partial charge on any atom is -0.392 e. The summed E-state index contributed by atoms with van der Waals surface area (Å²) in [6.45, 7) is 1.26. The Morgan fingerprint density at radius 2 is 2.21 bits per heavy atom. The number of hydrogen-bond donors (Lipinski definition) is 1. The van der Waals surface area contributed by atoms with Crippen molar-refractivity contribution in [3.8, 4) is 0 Å². The third-order valence-electron chi connectivity index (χ3n) is 1.89. The zero-order valence-electron chi connectivity index (χ0n) is 7.63. The molecule has 1 unspecified atom stereocenters. The average molecular weight is 233 g/mol. The van der Waals surface area contributed by atoms with E-state index in [-0.39, 0.29) is 12.4 Å². The second-order valence-electron chi connectivity index (χ2n) is 2.98. The molecule has 1 aromatic carbocycles. The molecule has 0 spiro atoms. The van der Waals surface area contributed by atoms with Crippen LogP contribution in [0.2, 0.25) is 5.02 Å². The van der Waals surface area contributed by atoms with Crippen molar-refractivity contribution in [3.63, 3.8) is 0 Å². The van der Waals surface area contributed by atoms with Gasteiger partial charge >= 0.3 is 0 Å². The first-order valence-corrected chi connectivity index (χ1v) is 4.91. The lowest BCUT2D eigenvalue weighted by Crippen LogP contribution is -2.02. The van der Waals surface area contributed by atoms with Crippen LogP contribution in [-0.4, -0.2) is 10.9 Å². The van der Waals surface area contributed by atoms with Crippen LogP contribution in [0.4, 0.5) is 0 Å². The molecule has 0 saturated heterocycles. The zero-order valence-corrected chi connectivity index (χ0v) is 9.14. The van der Waals surface area contributed by atoms with E-state index in [1.165, 1.54) is 6.92 Å². The first-order valence-electron chi connectivity index (χ1n) is 4.10. The molecule has 1 aromatic rings. The van der Waals surface area contributed by atoms with E-state index in [2.05, 4.69) is 0 Å². The molecule has 0 radical (unpaired) electrons. The van der Waals surface area contributed by atoms with E-state index in [9.17, 15) is 4.79 Å². The fourth-order valence-corrected chi connectivity index (χ4v) is 1.42. The first kappa shape index (κ1) is 11.5. The molecule has 2 nitrogen and oxygen atoms in total. The molecular weight excluding hydrogens is 223 g/mol. The molecule has 0 fully saturated rings. The Balaban J connectivity index is 3.06. The Hall–Kier alpha value is -0.570. The molecule has 4 heteroatoms. The van der Waals surface area contributed by atoms with Gasteiger partial charge < -0.3 is 5.11 Å². The number of hydrogen-bond acceptors (Lipinski definition) is 2. The molecule has 14 heavy (non-hydrogen) atoms. The maximum absolute atomic E-state index is 11.0. The summed E-state index contributed by atoms with van der Waals surface area (Å²) < 4.78 is 0. The zero-order chi connectivity index (χ0) is 10.7. The van der Waals surface area contributed by atoms with E-state index in [0.717, 1.165) is 0 Å². The lowest BCUT2D eigenvalue weighted by molar-refractivity contribution is -0.116. The molecule has 1 rings (SSSR count). The van der Waals surface area contributed by atoms with Gasteiger partial charge in [-0.3, -0.25) is 4.79 Å². The second-order valence-corrected chi connectivity index (χ2v) is 3.83. The van der Waals surface area contributed by atoms with Gasteiger partial charge in [0.15, 0.2) is 5.78 Å². The van der Waals surface area contributed by atoms with E-state index in [0.29, 0.717) is 16.1 Å². The molecule has 0 saturated carbocycles. The molecular formula is C10H10Cl2O2. The molecule has 0 aromatic heterocycles. The lowest BCUT2D eigenvalue weighted by Gasteiger charge is -2.08. The van der Waals surface area contributed by atoms with Crippen molar-refractivity contribution in [2.24, 2.45) is 0 Å². The number of carbonyl (C=O) groups is 1. The summed E-state index contributed by atoms with van der Waals surface area (Å²) in [6, 6.07) is 4.95. The van der Waals surface area contributed by atoms with Crippen LogP contribution >= 0.6 is 23.2 Å². The van der Waals surface area contributed by atoms with Crippen LogP contribution in [-0.2, 0) is 11.4 Å². The molecule has 0 bridgehead atoms. The number of benzene rings is 1. The van der Waals surface area contributed by atoms with Gasteiger partial charge in [0.05, 0.1) is 6.61 Å². The first-order chi connectivity index (χ1) is 6.56. The van der Waals surface area contributed by atoms with Crippen LogP contribution in [0.15, 0.2) is 18.2 Å². The predicted octanol–water partition coefficient (Wildman–Crippen LogP) is 2.70. The van der Waals surface area contributed by atoms with Crippen molar-refractivity contribution in [1.29, 1.82) is 0 Å². The molecule has 76 valence electrons. The maximum atomic E-state index is 11.0. The highest BCUT2D eigenvalue weighted by Crippen LogP contribution is 2.26. The average Bonchev–Trinajstić information content (AvgIpc) is 2.17. The summed E-state index contributed by atoms with van der Waals surface area (Å²) in [5.41, 5.74) is 1.24. The van der Waals surface area contributed by atoms with Gasteiger partial charge in [-0.05, 0) is 24.1 Å². The van der Waals surface area contributed by atoms with Gasteiger partial charge in [-0.1, -0.05) is 23.7 Å². The summed E-state index contributed by atoms with van der Waals surface area (Å²) in [5, 5.41) is 8.76. The standard InChI is InChI=1S/C10H10Cl2O2/c1-6(14)10(12)7-2-3-9(11)8(4-7)5-13/h2-4,10,13H,5H2,1H3. The van der Waals surface area contributed by atoms with Crippen molar-refractivity contribution < 1.29 is 9.90 Å². The Morgan fingerprint density at radius 3 is 2.71 bits per heavy atom. The topological polar surface area (TPSA) is 37.3 Å². The third kappa shape index (κ3) is 2.47. The number of aliphatic hydroxyl groups excluding tert-OH is 1. The van der Waals surface area contributed by atoms with Crippen molar-refractivity contribution >= 4 is 29.0 Å². The molecule has 0 aliphatic heterocycles. The van der Waals surface area contributed by atoms with Crippen LogP contribution in [0.1, 0.15) is 23.4 Å². The molecule has 0 amide bonds. The van der Waals surface area contributed by atoms with Gasteiger partial charge in [0.2, 0.25) is 0 Å². The number of carbonyl (C=O) groups excluding carboxylic acids is 1. The lowest BCUT2D eigenvalue weighted by atomic mass is 10.1. The largest absolute Gasteiger partial charge is 0.392 e. The van der Waals surface area contributed by atoms with E-state index in [4.69, 9.17) is 28.3 Å². The van der Waals surface area contributed by atoms with Crippen LogP contribution in [0.3, 0.4) is 0 Å². The minimum absolute atomic E-state index is 0.127. The Kier molecular flexibility index (Phi) is 3.93. The van der Waals surface area contributed by atoms with E-state index in [1.807, 2.05) is 0 Å². The molecule has 1 atom stereocenters. The number of Topliss-reactive ketones (excluding diaryl/α,β-unsaturated/α-hetero) is 1. The highest BCUT2D eigenvalue weighted by molar-refractivity contribution is 6.32. The third-order valence-corrected chi connectivity index (χ3v) is 2.82. The van der Waals surface area contributed by atoms with Gasteiger partial charge in [-0.25, -0.2) is 0 Å². The Labute approximate surface area is 92.5 Å². The fraction of sp³-hybridized carbons (Fsp3) is 0.300. The summed E-state index contributed by atoms with van der Waals surface area (Å²) in [6.07, 6.45) is 0. The highest BCUT2D eigenvalue weighted by atomic mass is 35.5. The Morgan fingerprint density at radius 1 is 1.57 bits per heavy atom. The van der Waals surface area contributed by atoms with Crippen LogP contribution < -0.4 is 0 Å². The second kappa shape index (κ2) is 4.78. The minimum atomic E-state index is -0.669. The number of alkyl halides is 1. The number of ketones is 1. The monoisotopic (exact) mass is 232 g/mol. The normalized spacial score (nSPS) is 12.6. The van der Waals surface area contributed by atoms with Gasteiger partial charge in [0.25, 0.3) is 0 Å². The molecule has 0 heterocycles. The predicted molar refractivity (Wildman–Crippen MR) is 56.6 cm³/mol. The highest BCUT2D eigenvalue weighted by Gasteiger charge is 2.14. The smallest absolute Gasteiger partial charge is 0.152 e. The number of aliphatic hydroxyl groups is 1. The molecule has 1 N–H and O–H groups in total. The number of halogens is 2. The van der Waals surface area contributed by atoms with E-state index >= 15 is 0 Å². The molecule has 0 aliphatic carbocycles. The van der Waals surface area contributed by atoms with Gasteiger partial charge in [0, 0.05) is 5.02 Å². The van der Waals surface area contributed by atoms with Crippen LogP contribution in [0.5, 0.6) is 0 Å². The van der Waals surface area contributed by atoms with E-state index < -0.39 is 5.38 Å². The van der Waals surface area contributed by atoms with Crippen molar-refractivity contribution in [2.45, 2.75) is 18.9 Å². The van der Waals surface area contributed by atoms with Crippen LogP contribution in [0, 0.1) is 0 Å². The summed E-state index contributed by atoms with van der Waals surface area (Å²) in [4.78, 5) is 11.0. The summed E-state index contributed by atoms with van der Waals surface area (Å²) >= 11 is 11.6. The Bertz CT molecular complexity index is 350. The van der Waals surface area contributed by atoms with Gasteiger partial charge in [0.1, 0.15) is 5.38 Å². The van der Waals surface area contributed by atoms with Crippen molar-refractivity contribution in [1.82, 2.24) is 0 Å². The molecule has 0 aliphatic rings. The summed E-state index contributed by atoms with van der Waals surface area (Å²) in [7, 11) is 0. The van der Waals surface area contributed by atoms with Crippen LogP contribution in [0.25, 0.3) is 0 Å². The van der Waals surface area contributed by atoms with Gasteiger partial charge in [-0.2, -0.15) is 0 Å². The fourth-order valence-electron chi connectivity index (χ4n) is 1.11. The van der Waals surface area contributed by atoms with Crippen molar-refractivity contribution in [2.75, 3.05) is 0 Å². The SMILES string of the molecule is CC(=O)C(Cl)c1ccc(Cl)c(CO)c1. The summed E-state index contributed by atoms with van der Waals surface area (Å²) in [5.74, 6) is -0.127. The van der Waals surface area contributed by atoms with E-state index in [1.54, 1.807) is 18.2 Å². The number of rotatable bonds is 3. The quantitative estimate of drug-likeness (QED) is 0.815. The van der Waals surface area contributed by atoms with Crippen molar-refractivity contribution in [3.05, 3.63) is 34.3 Å².